The molecule has 7 heteroatoms. The first-order chi connectivity index (χ1) is 12.6. The fourth-order valence-corrected chi connectivity index (χ4v) is 2.24. The smallest absolute Gasteiger partial charge is 0.269 e. The Bertz CT molecular complexity index is 908. The van der Waals surface area contributed by atoms with Crippen molar-refractivity contribution in [1.82, 2.24) is 0 Å². The maximum Gasteiger partial charge on any atom is 0.269 e. The van der Waals surface area contributed by atoms with Crippen molar-refractivity contribution in [2.24, 2.45) is 10.2 Å². The van der Waals surface area contributed by atoms with E-state index < -0.39 is 4.92 Å². The van der Waals surface area contributed by atoms with Crippen LogP contribution in [0.2, 0.25) is 5.02 Å². The molecule has 0 unspecified atom stereocenters. The minimum Gasteiger partial charge on any atom is -0.489 e. The van der Waals surface area contributed by atoms with Crippen LogP contribution in [0.3, 0.4) is 0 Å². The van der Waals surface area contributed by atoms with Crippen molar-refractivity contribution in [2.75, 3.05) is 0 Å². The molecule has 0 saturated heterocycles. The van der Waals surface area contributed by atoms with Crippen LogP contribution in [0.1, 0.15) is 5.56 Å². The van der Waals surface area contributed by atoms with Crippen LogP contribution in [0.4, 0.5) is 17.1 Å². The van der Waals surface area contributed by atoms with Crippen LogP contribution in [0, 0.1) is 10.1 Å². The molecule has 0 N–H and O–H groups in total. The van der Waals surface area contributed by atoms with E-state index in [1.165, 1.54) is 12.1 Å². The molecule has 3 rings (SSSR count). The first-order valence-electron chi connectivity index (χ1n) is 7.74. The second-order valence-corrected chi connectivity index (χ2v) is 5.82. The monoisotopic (exact) mass is 367 g/mol. The van der Waals surface area contributed by atoms with Crippen LogP contribution in [0.15, 0.2) is 83.0 Å². The molecule has 0 saturated carbocycles. The summed E-state index contributed by atoms with van der Waals surface area (Å²) in [5.74, 6) is 0.717. The number of rotatable bonds is 6. The molecule has 0 spiro atoms. The highest BCUT2D eigenvalue weighted by molar-refractivity contribution is 6.30. The number of nitrogens with zero attached hydrogens (tertiary/aromatic N) is 3. The van der Waals surface area contributed by atoms with E-state index in [0.717, 1.165) is 5.56 Å². The molecule has 0 fully saturated rings. The molecular weight excluding hydrogens is 354 g/mol. The van der Waals surface area contributed by atoms with Crippen LogP contribution in [-0.2, 0) is 6.61 Å². The van der Waals surface area contributed by atoms with E-state index in [1.807, 2.05) is 24.3 Å². The van der Waals surface area contributed by atoms with Gasteiger partial charge in [0.25, 0.3) is 5.69 Å². The summed E-state index contributed by atoms with van der Waals surface area (Å²) in [5, 5.41) is 19.5. The average Bonchev–Trinajstić information content (AvgIpc) is 2.67. The summed E-state index contributed by atoms with van der Waals surface area (Å²) < 4.78 is 5.71. The molecule has 3 aromatic carbocycles. The largest absolute Gasteiger partial charge is 0.489 e. The van der Waals surface area contributed by atoms with Crippen LogP contribution in [0.5, 0.6) is 5.75 Å². The molecule has 6 nitrogen and oxygen atoms in total. The normalized spacial score (nSPS) is 10.8. The third kappa shape index (κ3) is 4.87. The summed E-state index contributed by atoms with van der Waals surface area (Å²) in [4.78, 5) is 10.2. The summed E-state index contributed by atoms with van der Waals surface area (Å²) >= 11 is 5.85. The van der Waals surface area contributed by atoms with E-state index in [4.69, 9.17) is 16.3 Å². The van der Waals surface area contributed by atoms with Gasteiger partial charge in [-0.3, -0.25) is 10.1 Å². The maximum absolute atomic E-state index is 10.6. The highest BCUT2D eigenvalue weighted by Gasteiger charge is 2.03. The Morgan fingerprint density at radius 2 is 1.38 bits per heavy atom. The van der Waals surface area contributed by atoms with Gasteiger partial charge < -0.3 is 4.74 Å². The van der Waals surface area contributed by atoms with Crippen molar-refractivity contribution in [3.05, 3.63) is 93.5 Å². The molecular formula is C19H14ClN3O3. The third-order valence-corrected chi connectivity index (χ3v) is 3.75. The molecule has 0 heterocycles. The summed E-state index contributed by atoms with van der Waals surface area (Å²) in [6, 6.07) is 20.5. The second kappa shape index (κ2) is 8.22. The number of hydrogen-bond acceptors (Lipinski definition) is 5. The van der Waals surface area contributed by atoms with E-state index in [1.54, 1.807) is 36.4 Å². The zero-order valence-corrected chi connectivity index (χ0v) is 14.3. The number of nitro groups is 1. The molecule has 0 radical (unpaired) electrons. The predicted octanol–water partition coefficient (Wildman–Crippen LogP) is 6.24. The zero-order valence-electron chi connectivity index (χ0n) is 13.6. The average molecular weight is 368 g/mol. The number of hydrogen-bond donors (Lipinski definition) is 0. The van der Waals surface area contributed by atoms with Crippen LogP contribution >= 0.6 is 11.6 Å². The van der Waals surface area contributed by atoms with Gasteiger partial charge in [0.1, 0.15) is 12.4 Å². The Kier molecular flexibility index (Phi) is 5.56. The highest BCUT2D eigenvalue weighted by atomic mass is 35.5. The van der Waals surface area contributed by atoms with Gasteiger partial charge in [-0.15, -0.1) is 0 Å². The van der Waals surface area contributed by atoms with Gasteiger partial charge in [0.2, 0.25) is 0 Å². The molecule has 0 amide bonds. The Labute approximate surface area is 154 Å². The third-order valence-electron chi connectivity index (χ3n) is 3.50. The van der Waals surface area contributed by atoms with Gasteiger partial charge in [0.15, 0.2) is 0 Å². The van der Waals surface area contributed by atoms with Gasteiger partial charge in [0, 0.05) is 17.2 Å². The standard InChI is InChI=1S/C19H14ClN3O3/c20-15-3-1-14(2-4-15)13-26-19-11-7-17(8-12-19)22-21-16-5-9-18(10-6-16)23(24)25/h1-12H,13H2. The van der Waals surface area contributed by atoms with E-state index >= 15 is 0 Å². The van der Waals surface area contributed by atoms with Crippen molar-refractivity contribution in [2.45, 2.75) is 6.61 Å². The minimum absolute atomic E-state index is 0.0196. The molecule has 130 valence electrons. The molecule has 0 aliphatic heterocycles. The SMILES string of the molecule is O=[N+]([O-])c1ccc(N=Nc2ccc(OCc3ccc(Cl)cc3)cc2)cc1. The van der Waals surface area contributed by atoms with Crippen molar-refractivity contribution in [3.8, 4) is 5.75 Å². The molecule has 26 heavy (non-hydrogen) atoms. The first-order valence-corrected chi connectivity index (χ1v) is 8.11. The van der Waals surface area contributed by atoms with Crippen LogP contribution < -0.4 is 4.74 Å². The number of halogens is 1. The lowest BCUT2D eigenvalue weighted by atomic mass is 10.2. The lowest BCUT2D eigenvalue weighted by Gasteiger charge is -2.06. The summed E-state index contributed by atoms with van der Waals surface area (Å²) in [6.45, 7) is 0.445. The van der Waals surface area contributed by atoms with E-state index in [9.17, 15) is 10.1 Å². The number of azo groups is 1. The van der Waals surface area contributed by atoms with Gasteiger partial charge >= 0.3 is 0 Å². The number of non-ortho nitro benzene ring substituents is 1. The van der Waals surface area contributed by atoms with Gasteiger partial charge in [-0.2, -0.15) is 10.2 Å². The van der Waals surface area contributed by atoms with Crippen LogP contribution in [0.25, 0.3) is 0 Å². The Hall–Kier alpha value is -3.25. The lowest BCUT2D eigenvalue weighted by molar-refractivity contribution is -0.384. The Balaban J connectivity index is 1.58. The maximum atomic E-state index is 10.6. The Morgan fingerprint density at radius 3 is 1.92 bits per heavy atom. The summed E-state index contributed by atoms with van der Waals surface area (Å²) in [6.07, 6.45) is 0. The van der Waals surface area contributed by atoms with E-state index in [-0.39, 0.29) is 5.69 Å². The fraction of sp³-hybridized carbons (Fsp3) is 0.0526. The van der Waals surface area contributed by atoms with Crippen molar-refractivity contribution >= 4 is 28.7 Å². The number of ether oxygens (including phenoxy) is 1. The second-order valence-electron chi connectivity index (χ2n) is 5.38. The number of benzene rings is 3. The summed E-state index contributed by atoms with van der Waals surface area (Å²) in [7, 11) is 0. The number of nitro benzene ring substituents is 1. The quantitative estimate of drug-likeness (QED) is 0.294. The van der Waals surface area contributed by atoms with Gasteiger partial charge in [-0.25, -0.2) is 0 Å². The fourth-order valence-electron chi connectivity index (χ4n) is 2.11. The minimum atomic E-state index is -0.455. The highest BCUT2D eigenvalue weighted by Crippen LogP contribution is 2.23. The molecule has 0 aromatic heterocycles. The molecule has 0 atom stereocenters. The molecule has 0 bridgehead atoms. The molecule has 0 aliphatic rings. The van der Waals surface area contributed by atoms with Gasteiger partial charge in [-0.05, 0) is 54.1 Å². The topological polar surface area (TPSA) is 77.1 Å². The molecule has 0 aliphatic carbocycles. The van der Waals surface area contributed by atoms with E-state index in [2.05, 4.69) is 10.2 Å². The summed E-state index contributed by atoms with van der Waals surface area (Å²) in [5.41, 5.74) is 2.24. The van der Waals surface area contributed by atoms with Crippen molar-refractivity contribution in [1.29, 1.82) is 0 Å². The zero-order chi connectivity index (χ0) is 18.4. The first kappa shape index (κ1) is 17.6. The van der Waals surface area contributed by atoms with Gasteiger partial charge in [0.05, 0.1) is 16.3 Å². The van der Waals surface area contributed by atoms with Crippen molar-refractivity contribution < 1.29 is 9.66 Å². The Morgan fingerprint density at radius 1 is 0.846 bits per heavy atom. The van der Waals surface area contributed by atoms with Crippen molar-refractivity contribution in [3.63, 3.8) is 0 Å². The molecule has 3 aromatic rings. The predicted molar refractivity (Wildman–Crippen MR) is 99.5 cm³/mol. The lowest BCUT2D eigenvalue weighted by Crippen LogP contribution is -1.94. The van der Waals surface area contributed by atoms with E-state index in [0.29, 0.717) is 28.8 Å². The van der Waals surface area contributed by atoms with Crippen LogP contribution in [-0.4, -0.2) is 4.92 Å². The van der Waals surface area contributed by atoms with Gasteiger partial charge in [-0.1, -0.05) is 23.7 Å².